The van der Waals surface area contributed by atoms with Crippen molar-refractivity contribution in [2.45, 2.75) is 41.2 Å². The van der Waals surface area contributed by atoms with Gasteiger partial charge >= 0.3 is 0 Å². The molecule has 0 atom stereocenters. The van der Waals surface area contributed by atoms with E-state index in [-0.39, 0.29) is 11.3 Å². The zero-order valence-electron chi connectivity index (χ0n) is 11.9. The molecule has 1 heterocycles. The molecule has 18 heavy (non-hydrogen) atoms. The van der Waals surface area contributed by atoms with E-state index < -0.39 is 0 Å². The second-order valence-electron chi connectivity index (χ2n) is 5.55. The van der Waals surface area contributed by atoms with Gasteiger partial charge < -0.3 is 5.32 Å². The third-order valence-electron chi connectivity index (χ3n) is 2.43. The predicted molar refractivity (Wildman–Crippen MR) is 77.0 cm³/mol. The highest BCUT2D eigenvalue weighted by molar-refractivity contribution is 7.14. The van der Waals surface area contributed by atoms with E-state index in [0.717, 1.165) is 23.9 Å². The Hall–Kier alpha value is -0.940. The highest BCUT2D eigenvalue weighted by Gasteiger charge is 2.14. The summed E-state index contributed by atoms with van der Waals surface area (Å²) < 4.78 is 0. The number of carbonyl (C=O) groups is 1. The molecule has 4 nitrogen and oxygen atoms in total. The van der Waals surface area contributed by atoms with E-state index in [2.05, 4.69) is 31.1 Å². The first-order valence-electron chi connectivity index (χ1n) is 6.26. The first-order valence-corrected chi connectivity index (χ1v) is 7.14. The summed E-state index contributed by atoms with van der Waals surface area (Å²) in [6.45, 7) is 12.5. The molecular formula is C13H23N3OS. The third kappa shape index (κ3) is 4.74. The molecule has 1 aromatic heterocycles. The van der Waals surface area contributed by atoms with Gasteiger partial charge in [-0.15, -0.1) is 11.3 Å². The lowest BCUT2D eigenvalue weighted by Gasteiger charge is -2.18. The molecule has 0 unspecified atom stereocenters. The van der Waals surface area contributed by atoms with Crippen LogP contribution in [0.5, 0.6) is 0 Å². The molecule has 5 heteroatoms. The number of rotatable bonds is 5. The fourth-order valence-corrected chi connectivity index (χ4v) is 2.49. The van der Waals surface area contributed by atoms with Crippen LogP contribution in [0.15, 0.2) is 5.38 Å². The van der Waals surface area contributed by atoms with E-state index in [9.17, 15) is 4.79 Å². The fraction of sp³-hybridized carbons (Fsp3) is 0.692. The second kappa shape index (κ2) is 6.29. The van der Waals surface area contributed by atoms with Crippen LogP contribution in [0.4, 0.5) is 5.13 Å². The van der Waals surface area contributed by atoms with Gasteiger partial charge in [0.15, 0.2) is 5.13 Å². The molecule has 0 aliphatic heterocycles. The van der Waals surface area contributed by atoms with Crippen molar-refractivity contribution < 1.29 is 4.79 Å². The molecule has 1 N–H and O–H groups in total. The van der Waals surface area contributed by atoms with Gasteiger partial charge in [-0.25, -0.2) is 4.98 Å². The molecule has 0 saturated carbocycles. The lowest BCUT2D eigenvalue weighted by atomic mass is 9.97. The van der Waals surface area contributed by atoms with Crippen LogP contribution in [0.25, 0.3) is 0 Å². The SMILES string of the molecule is CCN(C(C)=O)c1nc(CNCC(C)(C)C)cs1. The molecule has 1 rings (SSSR count). The summed E-state index contributed by atoms with van der Waals surface area (Å²) in [7, 11) is 0. The molecule has 1 amide bonds. The van der Waals surface area contributed by atoms with Crippen LogP contribution in [0.1, 0.15) is 40.3 Å². The van der Waals surface area contributed by atoms with E-state index in [1.54, 1.807) is 11.8 Å². The van der Waals surface area contributed by atoms with Crippen molar-refractivity contribution in [2.24, 2.45) is 5.41 Å². The van der Waals surface area contributed by atoms with Crippen LogP contribution in [-0.4, -0.2) is 24.0 Å². The smallest absolute Gasteiger partial charge is 0.225 e. The molecule has 102 valence electrons. The maximum atomic E-state index is 11.4. The minimum absolute atomic E-state index is 0.0426. The van der Waals surface area contributed by atoms with Gasteiger partial charge in [0, 0.05) is 31.9 Å². The van der Waals surface area contributed by atoms with E-state index in [1.807, 2.05) is 12.3 Å². The minimum Gasteiger partial charge on any atom is -0.311 e. The zero-order valence-corrected chi connectivity index (χ0v) is 12.7. The summed E-state index contributed by atoms with van der Waals surface area (Å²) in [5.41, 5.74) is 1.27. The number of hydrogen-bond acceptors (Lipinski definition) is 4. The van der Waals surface area contributed by atoms with E-state index in [0.29, 0.717) is 6.54 Å². The van der Waals surface area contributed by atoms with Crippen LogP contribution in [-0.2, 0) is 11.3 Å². The minimum atomic E-state index is 0.0426. The summed E-state index contributed by atoms with van der Waals surface area (Å²) in [5.74, 6) is 0.0426. The van der Waals surface area contributed by atoms with Gasteiger partial charge in [0.2, 0.25) is 5.91 Å². The molecule has 0 spiro atoms. The third-order valence-corrected chi connectivity index (χ3v) is 3.34. The van der Waals surface area contributed by atoms with Crippen LogP contribution in [0.2, 0.25) is 0 Å². The topological polar surface area (TPSA) is 45.2 Å². The number of hydrogen-bond donors (Lipinski definition) is 1. The monoisotopic (exact) mass is 269 g/mol. The average Bonchev–Trinajstić information content (AvgIpc) is 2.65. The van der Waals surface area contributed by atoms with Crippen LogP contribution >= 0.6 is 11.3 Å². The first-order chi connectivity index (χ1) is 8.33. The lowest BCUT2D eigenvalue weighted by Crippen LogP contribution is -2.28. The van der Waals surface area contributed by atoms with Crippen molar-refractivity contribution in [3.8, 4) is 0 Å². The Morgan fingerprint density at radius 2 is 2.17 bits per heavy atom. The number of thiazole rings is 1. The molecule has 0 radical (unpaired) electrons. The Morgan fingerprint density at radius 3 is 2.67 bits per heavy atom. The summed E-state index contributed by atoms with van der Waals surface area (Å²) in [6, 6.07) is 0. The maximum Gasteiger partial charge on any atom is 0.225 e. The number of carbonyl (C=O) groups excluding carboxylic acids is 1. The Kier molecular flexibility index (Phi) is 5.28. The predicted octanol–water partition coefficient (Wildman–Crippen LogP) is 2.65. The van der Waals surface area contributed by atoms with Gasteiger partial charge in [0.25, 0.3) is 0 Å². The Morgan fingerprint density at radius 1 is 1.50 bits per heavy atom. The molecule has 0 saturated heterocycles. The van der Waals surface area contributed by atoms with Crippen LogP contribution in [0, 0.1) is 5.41 Å². The summed E-state index contributed by atoms with van der Waals surface area (Å²) in [4.78, 5) is 17.6. The standard InChI is InChI=1S/C13H23N3OS/c1-6-16(10(2)17)12-15-11(8-18-12)7-14-9-13(3,4)5/h8,14H,6-7,9H2,1-5H3. The maximum absolute atomic E-state index is 11.4. The van der Waals surface area contributed by atoms with Gasteiger partial charge in [-0.3, -0.25) is 9.69 Å². The molecule has 0 bridgehead atoms. The fourth-order valence-electron chi connectivity index (χ4n) is 1.56. The van der Waals surface area contributed by atoms with E-state index in [1.165, 1.54) is 11.3 Å². The number of amides is 1. The molecular weight excluding hydrogens is 246 g/mol. The Labute approximate surface area is 113 Å². The van der Waals surface area contributed by atoms with Crippen molar-refractivity contribution in [3.63, 3.8) is 0 Å². The molecule has 1 aromatic rings. The normalized spacial score (nSPS) is 11.6. The zero-order chi connectivity index (χ0) is 13.8. The van der Waals surface area contributed by atoms with Crippen molar-refractivity contribution in [1.82, 2.24) is 10.3 Å². The van der Waals surface area contributed by atoms with Crippen molar-refractivity contribution in [2.75, 3.05) is 18.0 Å². The number of aromatic nitrogens is 1. The van der Waals surface area contributed by atoms with Gasteiger partial charge in [-0.1, -0.05) is 20.8 Å². The summed E-state index contributed by atoms with van der Waals surface area (Å²) in [5, 5.41) is 6.18. The lowest BCUT2D eigenvalue weighted by molar-refractivity contribution is -0.116. The van der Waals surface area contributed by atoms with Gasteiger partial charge in [-0.2, -0.15) is 0 Å². The van der Waals surface area contributed by atoms with E-state index in [4.69, 9.17) is 0 Å². The largest absolute Gasteiger partial charge is 0.311 e. The van der Waals surface area contributed by atoms with Crippen molar-refractivity contribution in [1.29, 1.82) is 0 Å². The van der Waals surface area contributed by atoms with Crippen molar-refractivity contribution >= 4 is 22.4 Å². The molecule has 0 aromatic carbocycles. The Bertz CT molecular complexity index is 395. The molecule has 0 fully saturated rings. The summed E-state index contributed by atoms with van der Waals surface area (Å²) in [6.07, 6.45) is 0. The van der Waals surface area contributed by atoms with E-state index >= 15 is 0 Å². The number of nitrogens with one attached hydrogen (secondary N) is 1. The Balaban J connectivity index is 2.55. The van der Waals surface area contributed by atoms with Gasteiger partial charge in [0.05, 0.1) is 5.69 Å². The number of nitrogens with zero attached hydrogens (tertiary/aromatic N) is 2. The highest BCUT2D eigenvalue weighted by atomic mass is 32.1. The second-order valence-corrected chi connectivity index (χ2v) is 6.39. The molecule has 0 aliphatic rings. The first kappa shape index (κ1) is 15.1. The van der Waals surface area contributed by atoms with Crippen molar-refractivity contribution in [3.05, 3.63) is 11.1 Å². The number of anilines is 1. The quantitative estimate of drug-likeness (QED) is 0.894. The van der Waals surface area contributed by atoms with Crippen LogP contribution in [0.3, 0.4) is 0 Å². The average molecular weight is 269 g/mol. The van der Waals surface area contributed by atoms with Gasteiger partial charge in [-0.05, 0) is 12.3 Å². The van der Waals surface area contributed by atoms with Gasteiger partial charge in [0.1, 0.15) is 0 Å². The molecule has 0 aliphatic carbocycles. The van der Waals surface area contributed by atoms with Crippen LogP contribution < -0.4 is 10.2 Å². The summed E-state index contributed by atoms with van der Waals surface area (Å²) >= 11 is 1.52. The highest BCUT2D eigenvalue weighted by Crippen LogP contribution is 2.20.